The highest BCUT2D eigenvalue weighted by Crippen LogP contribution is 2.28. The lowest BCUT2D eigenvalue weighted by Gasteiger charge is -2.22. The van der Waals surface area contributed by atoms with E-state index < -0.39 is 0 Å². The molecule has 0 aromatic heterocycles. The summed E-state index contributed by atoms with van der Waals surface area (Å²) in [4.78, 5) is 0. The number of aryl methyl sites for hydroxylation is 1. The lowest BCUT2D eigenvalue weighted by molar-refractivity contribution is 0.307. The second-order valence-corrected chi connectivity index (χ2v) is 7.70. The van der Waals surface area contributed by atoms with Gasteiger partial charge in [-0.25, -0.2) is 0 Å². The fourth-order valence-corrected chi connectivity index (χ4v) is 3.14. The molecule has 3 rings (SSSR count). The summed E-state index contributed by atoms with van der Waals surface area (Å²) in [5.74, 6) is 2.95. The van der Waals surface area contributed by atoms with E-state index in [1.165, 1.54) is 45.2 Å². The summed E-state index contributed by atoms with van der Waals surface area (Å²) in [6, 6.07) is 7.35. The fraction of sp³-hybridized carbons (Fsp3) is 0.667. The van der Waals surface area contributed by atoms with Gasteiger partial charge in [0.1, 0.15) is 6.07 Å². The van der Waals surface area contributed by atoms with E-state index in [0.717, 1.165) is 23.3 Å². The van der Waals surface area contributed by atoms with E-state index >= 15 is 0 Å². The number of nitrogens with zero attached hydrogens (tertiary/aromatic N) is 1. The van der Waals surface area contributed by atoms with E-state index in [4.69, 9.17) is 16.9 Å². The van der Waals surface area contributed by atoms with Crippen LogP contribution in [0.25, 0.3) is 0 Å². The molecule has 1 aromatic rings. The van der Waals surface area contributed by atoms with Crippen molar-refractivity contribution in [1.29, 1.82) is 5.26 Å². The molecule has 0 bridgehead atoms. The van der Waals surface area contributed by atoms with Crippen molar-refractivity contribution >= 4 is 11.6 Å². The van der Waals surface area contributed by atoms with Gasteiger partial charge in [0.15, 0.2) is 0 Å². The summed E-state index contributed by atoms with van der Waals surface area (Å²) >= 11 is 5.71. The molecule has 1 aromatic carbocycles. The van der Waals surface area contributed by atoms with Crippen molar-refractivity contribution < 1.29 is 0 Å². The Morgan fingerprint density at radius 3 is 2.29 bits per heavy atom. The number of nitriles is 1. The van der Waals surface area contributed by atoms with Crippen LogP contribution in [0, 0.1) is 36.0 Å². The zero-order valence-electron chi connectivity index (χ0n) is 15.7. The van der Waals surface area contributed by atoms with E-state index in [1.54, 1.807) is 12.1 Å². The molecule has 1 unspecified atom stereocenters. The minimum absolute atomic E-state index is 0.530. The summed E-state index contributed by atoms with van der Waals surface area (Å²) in [5.41, 5.74) is 1.61. The molecular weight excluding hydrogens is 316 g/mol. The number of benzene rings is 1. The van der Waals surface area contributed by atoms with Crippen LogP contribution in [0.4, 0.5) is 0 Å². The number of hydrogen-bond donors (Lipinski definition) is 1. The Balaban J connectivity index is 0.000000186. The molecule has 1 N–H and O–H groups in total. The molecule has 1 aliphatic heterocycles. The molecule has 1 aliphatic carbocycles. The van der Waals surface area contributed by atoms with Gasteiger partial charge in [-0.2, -0.15) is 5.26 Å². The maximum absolute atomic E-state index is 8.47. The van der Waals surface area contributed by atoms with E-state index in [-0.39, 0.29) is 0 Å². The van der Waals surface area contributed by atoms with Gasteiger partial charge in [-0.05, 0) is 61.9 Å². The van der Waals surface area contributed by atoms with Crippen LogP contribution in [-0.4, -0.2) is 13.1 Å². The predicted molar refractivity (Wildman–Crippen MR) is 104 cm³/mol. The van der Waals surface area contributed by atoms with E-state index in [9.17, 15) is 0 Å². The lowest BCUT2D eigenvalue weighted by atomic mass is 9.84. The number of halogens is 1. The first-order valence-corrected chi connectivity index (χ1v) is 9.72. The Morgan fingerprint density at radius 1 is 1.29 bits per heavy atom. The molecule has 1 saturated heterocycles. The summed E-state index contributed by atoms with van der Waals surface area (Å²) in [5, 5.41) is 12.4. The van der Waals surface area contributed by atoms with Gasteiger partial charge in [-0.1, -0.05) is 64.1 Å². The van der Waals surface area contributed by atoms with Gasteiger partial charge < -0.3 is 5.32 Å². The maximum Gasteiger partial charge on any atom is 0.101 e. The molecule has 2 fully saturated rings. The molecule has 24 heavy (non-hydrogen) atoms. The normalized spacial score (nSPS) is 19.5. The van der Waals surface area contributed by atoms with Crippen LogP contribution in [0.15, 0.2) is 18.2 Å². The van der Waals surface area contributed by atoms with Gasteiger partial charge in [-0.15, -0.1) is 0 Å². The molecule has 0 amide bonds. The van der Waals surface area contributed by atoms with E-state index in [1.807, 2.05) is 19.1 Å². The van der Waals surface area contributed by atoms with Gasteiger partial charge in [0.05, 0.1) is 10.6 Å². The van der Waals surface area contributed by atoms with Gasteiger partial charge in [0.2, 0.25) is 0 Å². The number of hydrogen-bond acceptors (Lipinski definition) is 2. The van der Waals surface area contributed by atoms with Crippen molar-refractivity contribution in [2.45, 2.75) is 59.8 Å². The van der Waals surface area contributed by atoms with Crippen molar-refractivity contribution in [2.24, 2.45) is 17.8 Å². The Hall–Kier alpha value is -1.04. The van der Waals surface area contributed by atoms with Gasteiger partial charge >= 0.3 is 0 Å². The standard InChI is InChI=1S/C8H6ClN.C7H15N.C6H12/c1-6-2-3-7(5-10)8(9)4-6;1-6(2)7-3-4-8-5-7;1-2-6-4-3-5-6/h2-4H,1H3;6-8H,3-5H2,1-2H3;6H,2-5H2,1H3. The van der Waals surface area contributed by atoms with Gasteiger partial charge in [0.25, 0.3) is 0 Å². The van der Waals surface area contributed by atoms with Crippen LogP contribution >= 0.6 is 11.6 Å². The molecule has 3 heteroatoms. The third-order valence-corrected chi connectivity index (χ3v) is 5.40. The molecule has 1 heterocycles. The molecule has 0 spiro atoms. The van der Waals surface area contributed by atoms with E-state index in [2.05, 4.69) is 26.1 Å². The zero-order valence-corrected chi connectivity index (χ0v) is 16.5. The average Bonchev–Trinajstić information content (AvgIpc) is 3.02. The predicted octanol–water partition coefficient (Wildman–Crippen LogP) is 5.97. The molecule has 1 atom stereocenters. The maximum atomic E-state index is 8.47. The number of rotatable bonds is 2. The third kappa shape index (κ3) is 7.69. The first-order valence-electron chi connectivity index (χ1n) is 9.34. The van der Waals surface area contributed by atoms with Gasteiger partial charge in [-0.3, -0.25) is 0 Å². The average molecular weight is 349 g/mol. The molecule has 2 aliphatic rings. The first-order chi connectivity index (χ1) is 11.5. The Morgan fingerprint density at radius 2 is 2.00 bits per heavy atom. The van der Waals surface area contributed by atoms with Crippen molar-refractivity contribution in [1.82, 2.24) is 5.32 Å². The molecule has 1 saturated carbocycles. The van der Waals surface area contributed by atoms with Crippen molar-refractivity contribution in [2.75, 3.05) is 13.1 Å². The SMILES string of the molecule is CC(C)C1CCNC1.CCC1CCC1.Cc1ccc(C#N)c(Cl)c1. The highest BCUT2D eigenvalue weighted by Gasteiger charge is 2.16. The van der Waals surface area contributed by atoms with Gasteiger partial charge in [0, 0.05) is 0 Å². The fourth-order valence-electron chi connectivity index (χ4n) is 2.86. The summed E-state index contributed by atoms with van der Waals surface area (Å²) in [6.45, 7) is 11.3. The third-order valence-electron chi connectivity index (χ3n) is 5.09. The highest BCUT2D eigenvalue weighted by atomic mass is 35.5. The van der Waals surface area contributed by atoms with Crippen LogP contribution in [0.3, 0.4) is 0 Å². The van der Waals surface area contributed by atoms with Crippen molar-refractivity contribution in [3.05, 3.63) is 34.3 Å². The quantitative estimate of drug-likeness (QED) is 0.714. The summed E-state index contributed by atoms with van der Waals surface area (Å²) < 4.78 is 0. The van der Waals surface area contributed by atoms with Crippen molar-refractivity contribution in [3.8, 4) is 6.07 Å². The smallest absolute Gasteiger partial charge is 0.101 e. The second-order valence-electron chi connectivity index (χ2n) is 7.30. The number of nitrogens with one attached hydrogen (secondary N) is 1. The lowest BCUT2D eigenvalue weighted by Crippen LogP contribution is -2.12. The minimum Gasteiger partial charge on any atom is -0.316 e. The topological polar surface area (TPSA) is 35.8 Å². The monoisotopic (exact) mass is 348 g/mol. The Bertz CT molecular complexity index is 506. The Labute approximate surface area is 153 Å². The van der Waals surface area contributed by atoms with Crippen LogP contribution < -0.4 is 5.32 Å². The second kappa shape index (κ2) is 11.5. The molecule has 0 radical (unpaired) electrons. The molecule has 134 valence electrons. The summed E-state index contributed by atoms with van der Waals surface area (Å²) in [7, 11) is 0. The van der Waals surface area contributed by atoms with E-state index in [0.29, 0.717) is 10.6 Å². The first kappa shape index (κ1) is 21.0. The minimum atomic E-state index is 0.530. The largest absolute Gasteiger partial charge is 0.316 e. The highest BCUT2D eigenvalue weighted by molar-refractivity contribution is 6.31. The molecule has 2 nitrogen and oxygen atoms in total. The van der Waals surface area contributed by atoms with Crippen LogP contribution in [0.2, 0.25) is 5.02 Å². The van der Waals surface area contributed by atoms with Crippen molar-refractivity contribution in [3.63, 3.8) is 0 Å². The summed E-state index contributed by atoms with van der Waals surface area (Å²) in [6.07, 6.45) is 7.32. The zero-order chi connectivity index (χ0) is 17.9. The van der Waals surface area contributed by atoms with Crippen LogP contribution in [0.5, 0.6) is 0 Å². The molecular formula is C21H33ClN2. The Kier molecular flexibility index (Phi) is 10.1. The van der Waals surface area contributed by atoms with Crippen LogP contribution in [-0.2, 0) is 0 Å². The van der Waals surface area contributed by atoms with Crippen LogP contribution in [0.1, 0.15) is 64.0 Å².